The number of aliphatic hydroxyl groups is 1. The van der Waals surface area contributed by atoms with Gasteiger partial charge in [-0.25, -0.2) is 0 Å². The summed E-state index contributed by atoms with van der Waals surface area (Å²) in [4.78, 5) is 4.18. The van der Waals surface area contributed by atoms with E-state index >= 15 is 0 Å². The van der Waals surface area contributed by atoms with E-state index in [1.54, 1.807) is 14.0 Å². The van der Waals surface area contributed by atoms with Crippen LogP contribution in [0.2, 0.25) is 0 Å². The highest BCUT2D eigenvalue weighted by molar-refractivity contribution is 5.28. The van der Waals surface area contributed by atoms with Crippen LogP contribution < -0.4 is 10.5 Å². The van der Waals surface area contributed by atoms with Crippen LogP contribution in [0.15, 0.2) is 28.8 Å². The zero-order valence-electron chi connectivity index (χ0n) is 10.9. The predicted octanol–water partition coefficient (Wildman–Crippen LogP) is 1.05. The first kappa shape index (κ1) is 13.5. The van der Waals surface area contributed by atoms with Crippen molar-refractivity contribution in [3.63, 3.8) is 0 Å². The summed E-state index contributed by atoms with van der Waals surface area (Å²) in [6.07, 6.45) is -0.186. The van der Waals surface area contributed by atoms with Crippen molar-refractivity contribution >= 4 is 0 Å². The Hall–Kier alpha value is -1.92. The lowest BCUT2D eigenvalue weighted by atomic mass is 10.1. The Morgan fingerprint density at radius 1 is 1.37 bits per heavy atom. The molecule has 1 heterocycles. The molecule has 2 rings (SSSR count). The van der Waals surface area contributed by atoms with Gasteiger partial charge in [0, 0.05) is 6.42 Å². The highest BCUT2D eigenvalue weighted by Crippen LogP contribution is 2.16. The fraction of sp³-hybridized carbons (Fsp3) is 0.385. The normalized spacial score (nSPS) is 14.1. The Morgan fingerprint density at radius 2 is 2.05 bits per heavy atom. The molecule has 0 amide bonds. The number of aliphatic hydroxyl groups excluding tert-OH is 1. The van der Waals surface area contributed by atoms with Crippen molar-refractivity contribution in [3.8, 4) is 5.75 Å². The van der Waals surface area contributed by atoms with Gasteiger partial charge >= 0.3 is 0 Å². The maximum absolute atomic E-state index is 9.36. The van der Waals surface area contributed by atoms with Crippen molar-refractivity contribution in [2.24, 2.45) is 5.73 Å². The quantitative estimate of drug-likeness (QED) is 0.837. The third-order valence-corrected chi connectivity index (χ3v) is 2.81. The van der Waals surface area contributed by atoms with E-state index < -0.39 is 12.1 Å². The molecule has 1 aromatic heterocycles. The Labute approximate surface area is 111 Å². The average molecular weight is 263 g/mol. The highest BCUT2D eigenvalue weighted by atomic mass is 16.5. The molecule has 1 aromatic carbocycles. The molecule has 0 unspecified atom stereocenters. The van der Waals surface area contributed by atoms with Gasteiger partial charge < -0.3 is 20.1 Å². The minimum Gasteiger partial charge on any atom is -0.497 e. The lowest BCUT2D eigenvalue weighted by Crippen LogP contribution is -2.23. The molecule has 0 aliphatic rings. The molecule has 6 nitrogen and oxygen atoms in total. The standard InChI is InChI=1S/C13H17N3O3/c1-8(17)12(14)13-15-11(16-19-13)7-9-3-5-10(18-2)6-4-9/h3-6,8,12,17H,7,14H2,1-2H3/t8-,12+/m1/s1. The maximum Gasteiger partial charge on any atom is 0.246 e. The van der Waals surface area contributed by atoms with Crippen LogP contribution in [0.1, 0.15) is 30.2 Å². The van der Waals surface area contributed by atoms with Crippen LogP contribution in [-0.4, -0.2) is 28.5 Å². The van der Waals surface area contributed by atoms with E-state index in [1.165, 1.54) is 0 Å². The van der Waals surface area contributed by atoms with Crippen LogP contribution in [0.5, 0.6) is 5.75 Å². The Morgan fingerprint density at radius 3 is 2.63 bits per heavy atom. The van der Waals surface area contributed by atoms with Gasteiger partial charge in [-0.1, -0.05) is 17.3 Å². The summed E-state index contributed by atoms with van der Waals surface area (Å²) in [6, 6.07) is 6.96. The summed E-state index contributed by atoms with van der Waals surface area (Å²) in [5.41, 5.74) is 6.76. The lowest BCUT2D eigenvalue weighted by molar-refractivity contribution is 0.146. The average Bonchev–Trinajstić information content (AvgIpc) is 2.87. The molecule has 2 aromatic rings. The van der Waals surface area contributed by atoms with Gasteiger partial charge in [-0.2, -0.15) is 4.98 Å². The van der Waals surface area contributed by atoms with Gasteiger partial charge in [-0.3, -0.25) is 0 Å². The number of benzene rings is 1. The summed E-state index contributed by atoms with van der Waals surface area (Å²) >= 11 is 0. The van der Waals surface area contributed by atoms with E-state index in [2.05, 4.69) is 10.1 Å². The van der Waals surface area contributed by atoms with Crippen LogP contribution in [0.3, 0.4) is 0 Å². The fourth-order valence-electron chi connectivity index (χ4n) is 1.61. The van der Waals surface area contributed by atoms with E-state index in [1.807, 2.05) is 24.3 Å². The second kappa shape index (κ2) is 5.81. The van der Waals surface area contributed by atoms with Crippen molar-refractivity contribution < 1.29 is 14.4 Å². The second-order valence-corrected chi connectivity index (χ2v) is 4.34. The highest BCUT2D eigenvalue weighted by Gasteiger charge is 2.19. The smallest absolute Gasteiger partial charge is 0.246 e. The van der Waals surface area contributed by atoms with Gasteiger partial charge in [0.25, 0.3) is 0 Å². The van der Waals surface area contributed by atoms with Gasteiger partial charge in [0.1, 0.15) is 11.8 Å². The molecule has 3 N–H and O–H groups in total. The van der Waals surface area contributed by atoms with Crippen LogP contribution >= 0.6 is 0 Å². The monoisotopic (exact) mass is 263 g/mol. The SMILES string of the molecule is COc1ccc(Cc2noc([C@@H](N)[C@@H](C)O)n2)cc1. The summed E-state index contributed by atoms with van der Waals surface area (Å²) in [5, 5.41) is 13.2. The topological polar surface area (TPSA) is 94.4 Å². The van der Waals surface area contributed by atoms with E-state index in [-0.39, 0.29) is 5.89 Å². The van der Waals surface area contributed by atoms with Crippen molar-refractivity contribution in [2.45, 2.75) is 25.5 Å². The molecule has 0 saturated heterocycles. The fourth-order valence-corrected chi connectivity index (χ4v) is 1.61. The third kappa shape index (κ3) is 3.30. The molecule has 0 aliphatic carbocycles. The number of hydrogen-bond acceptors (Lipinski definition) is 6. The molecule has 0 fully saturated rings. The van der Waals surface area contributed by atoms with Crippen LogP contribution in [0.4, 0.5) is 0 Å². The number of methoxy groups -OCH3 is 1. The van der Waals surface area contributed by atoms with Crippen molar-refractivity contribution in [1.82, 2.24) is 10.1 Å². The van der Waals surface area contributed by atoms with Crippen molar-refractivity contribution in [3.05, 3.63) is 41.5 Å². The molecular weight excluding hydrogens is 246 g/mol. The Kier molecular flexibility index (Phi) is 4.13. The largest absolute Gasteiger partial charge is 0.497 e. The molecule has 2 atom stereocenters. The molecule has 102 valence electrons. The van der Waals surface area contributed by atoms with Crippen LogP contribution in [0.25, 0.3) is 0 Å². The maximum atomic E-state index is 9.36. The van der Waals surface area contributed by atoms with Gasteiger partial charge in [-0.05, 0) is 24.6 Å². The van der Waals surface area contributed by atoms with Crippen molar-refractivity contribution in [2.75, 3.05) is 7.11 Å². The molecule has 19 heavy (non-hydrogen) atoms. The lowest BCUT2D eigenvalue weighted by Gasteiger charge is -2.08. The molecule has 0 saturated carbocycles. The molecule has 0 spiro atoms. The van der Waals surface area contributed by atoms with E-state index in [4.69, 9.17) is 15.0 Å². The zero-order chi connectivity index (χ0) is 13.8. The molecular formula is C13H17N3O3. The third-order valence-electron chi connectivity index (χ3n) is 2.81. The first-order chi connectivity index (χ1) is 9.10. The van der Waals surface area contributed by atoms with Gasteiger partial charge in [0.2, 0.25) is 5.89 Å². The number of nitrogens with zero attached hydrogens (tertiary/aromatic N) is 2. The van der Waals surface area contributed by atoms with Gasteiger partial charge in [-0.15, -0.1) is 0 Å². The summed E-state index contributed by atoms with van der Waals surface area (Å²) < 4.78 is 10.1. The number of hydrogen-bond donors (Lipinski definition) is 2. The van der Waals surface area contributed by atoms with Gasteiger partial charge in [0.15, 0.2) is 5.82 Å². The molecule has 0 aliphatic heterocycles. The Balaban J connectivity index is 2.06. The number of rotatable bonds is 5. The van der Waals surface area contributed by atoms with Gasteiger partial charge in [0.05, 0.1) is 13.2 Å². The van der Waals surface area contributed by atoms with Crippen LogP contribution in [-0.2, 0) is 6.42 Å². The van der Waals surface area contributed by atoms with Crippen molar-refractivity contribution in [1.29, 1.82) is 0 Å². The predicted molar refractivity (Wildman–Crippen MR) is 68.7 cm³/mol. The first-order valence-corrected chi connectivity index (χ1v) is 5.99. The Bertz CT molecular complexity index is 522. The van der Waals surface area contributed by atoms with Crippen LogP contribution in [0, 0.1) is 0 Å². The van der Waals surface area contributed by atoms with E-state index in [9.17, 15) is 5.11 Å². The summed E-state index contributed by atoms with van der Waals surface area (Å²) in [5.74, 6) is 1.59. The molecule has 0 bridgehead atoms. The first-order valence-electron chi connectivity index (χ1n) is 5.99. The number of aromatic nitrogens is 2. The molecule has 0 radical (unpaired) electrons. The molecule has 6 heteroatoms. The number of ether oxygens (including phenoxy) is 1. The summed E-state index contributed by atoms with van der Waals surface area (Å²) in [7, 11) is 1.62. The second-order valence-electron chi connectivity index (χ2n) is 4.34. The summed E-state index contributed by atoms with van der Waals surface area (Å²) in [6.45, 7) is 1.58. The zero-order valence-corrected chi connectivity index (χ0v) is 10.9. The minimum atomic E-state index is -0.728. The van der Waals surface area contributed by atoms with E-state index in [0.717, 1.165) is 11.3 Å². The minimum absolute atomic E-state index is 0.249. The van der Waals surface area contributed by atoms with E-state index in [0.29, 0.717) is 12.2 Å². The number of nitrogens with two attached hydrogens (primary N) is 1.